The molecule has 0 saturated carbocycles. The molecule has 0 aliphatic carbocycles. The van der Waals surface area contributed by atoms with E-state index in [0.29, 0.717) is 17.1 Å². The maximum atomic E-state index is 11.9. The van der Waals surface area contributed by atoms with E-state index in [-0.39, 0.29) is 18.7 Å². The molecule has 27 heavy (non-hydrogen) atoms. The van der Waals surface area contributed by atoms with E-state index in [0.717, 1.165) is 11.1 Å². The quantitative estimate of drug-likeness (QED) is 0.546. The highest BCUT2D eigenvalue weighted by Crippen LogP contribution is 2.21. The maximum absolute atomic E-state index is 11.9. The first kappa shape index (κ1) is 19.9. The number of urea groups is 1. The van der Waals surface area contributed by atoms with Gasteiger partial charge in [0.2, 0.25) is 5.91 Å². The Kier molecular flexibility index (Phi) is 6.11. The zero-order valence-corrected chi connectivity index (χ0v) is 15.6. The van der Waals surface area contributed by atoms with Crippen LogP contribution in [-0.4, -0.2) is 26.6 Å². The molecule has 1 heterocycles. The van der Waals surface area contributed by atoms with Crippen molar-refractivity contribution < 1.29 is 14.5 Å². The van der Waals surface area contributed by atoms with Crippen molar-refractivity contribution in [3.63, 3.8) is 0 Å². The Morgan fingerprint density at radius 1 is 1.15 bits per heavy atom. The zero-order valence-electron chi connectivity index (χ0n) is 15.6. The van der Waals surface area contributed by atoms with Gasteiger partial charge in [0, 0.05) is 12.1 Å². The number of hydrazine groups is 1. The van der Waals surface area contributed by atoms with Crippen molar-refractivity contribution in [2.24, 2.45) is 0 Å². The third-order valence-electron chi connectivity index (χ3n) is 4.16. The predicted octanol–water partition coefficient (Wildman–Crippen LogP) is 2.27. The average Bonchev–Trinajstić information content (AvgIpc) is 2.88. The normalized spacial score (nSPS) is 10.4. The molecule has 0 aliphatic heterocycles. The van der Waals surface area contributed by atoms with Crippen molar-refractivity contribution in [3.8, 4) is 0 Å². The van der Waals surface area contributed by atoms with Crippen LogP contribution in [0.15, 0.2) is 18.2 Å². The minimum absolute atomic E-state index is 0.00301. The van der Waals surface area contributed by atoms with Crippen LogP contribution < -0.4 is 16.2 Å². The fourth-order valence-corrected chi connectivity index (χ4v) is 2.55. The van der Waals surface area contributed by atoms with Crippen LogP contribution in [0.2, 0.25) is 0 Å². The van der Waals surface area contributed by atoms with Crippen LogP contribution in [0.4, 0.5) is 16.2 Å². The van der Waals surface area contributed by atoms with Crippen molar-refractivity contribution in [1.29, 1.82) is 0 Å². The summed E-state index contributed by atoms with van der Waals surface area (Å²) in [4.78, 5) is 34.2. The molecule has 2 aromatic rings. The monoisotopic (exact) mass is 374 g/mol. The Labute approximate surface area is 156 Å². The first-order valence-corrected chi connectivity index (χ1v) is 8.30. The van der Waals surface area contributed by atoms with Crippen LogP contribution >= 0.6 is 0 Å². The van der Waals surface area contributed by atoms with Gasteiger partial charge in [0.1, 0.15) is 11.4 Å². The van der Waals surface area contributed by atoms with Crippen LogP contribution in [0, 0.1) is 37.8 Å². The van der Waals surface area contributed by atoms with E-state index in [1.165, 1.54) is 4.68 Å². The molecule has 0 saturated heterocycles. The van der Waals surface area contributed by atoms with Crippen molar-refractivity contribution >= 4 is 23.3 Å². The van der Waals surface area contributed by atoms with E-state index < -0.39 is 16.9 Å². The fourth-order valence-electron chi connectivity index (χ4n) is 2.55. The molecule has 1 aromatic heterocycles. The standard InChI is InChI=1S/C17H22N6O4/c1-10-5-6-14(9-11(10)2)18-17(25)20-19-15(24)7-8-22-13(4)16(23(26)27)12(3)21-22/h5-6,9H,7-8H2,1-4H3,(H,19,24)(H2,18,20,25). The molecular weight excluding hydrogens is 352 g/mol. The predicted molar refractivity (Wildman–Crippen MR) is 99.2 cm³/mol. The van der Waals surface area contributed by atoms with Crippen LogP contribution in [0.3, 0.4) is 0 Å². The SMILES string of the molecule is Cc1ccc(NC(=O)NNC(=O)CCn2nc(C)c([N+](=O)[O-])c2C)cc1C. The number of nitro groups is 1. The molecule has 144 valence electrons. The highest BCUT2D eigenvalue weighted by atomic mass is 16.6. The first-order chi connectivity index (χ1) is 12.7. The third-order valence-corrected chi connectivity index (χ3v) is 4.16. The Balaban J connectivity index is 1.82. The summed E-state index contributed by atoms with van der Waals surface area (Å²) >= 11 is 0. The average molecular weight is 374 g/mol. The smallest absolute Gasteiger partial charge is 0.307 e. The van der Waals surface area contributed by atoms with Crippen LogP contribution in [0.1, 0.15) is 28.9 Å². The minimum Gasteiger partial charge on any atom is -0.307 e. The van der Waals surface area contributed by atoms with Crippen LogP contribution in [0.5, 0.6) is 0 Å². The summed E-state index contributed by atoms with van der Waals surface area (Å²) in [5.41, 5.74) is 7.93. The Morgan fingerprint density at radius 2 is 1.85 bits per heavy atom. The molecule has 0 atom stereocenters. The molecule has 10 nitrogen and oxygen atoms in total. The van der Waals surface area contributed by atoms with Gasteiger partial charge in [-0.05, 0) is 51.0 Å². The molecule has 3 amide bonds. The molecule has 0 radical (unpaired) electrons. The van der Waals surface area contributed by atoms with E-state index in [1.54, 1.807) is 19.9 Å². The summed E-state index contributed by atoms with van der Waals surface area (Å²) in [7, 11) is 0. The number of nitrogens with one attached hydrogen (secondary N) is 3. The second-order valence-corrected chi connectivity index (χ2v) is 6.18. The molecule has 0 spiro atoms. The summed E-state index contributed by atoms with van der Waals surface area (Å²) < 4.78 is 1.40. The number of amides is 3. The van der Waals surface area contributed by atoms with Crippen LogP contribution in [-0.2, 0) is 11.3 Å². The molecule has 0 bridgehead atoms. The number of aryl methyl sites for hydroxylation is 4. The van der Waals surface area contributed by atoms with E-state index in [4.69, 9.17) is 0 Å². The number of hydrogen-bond donors (Lipinski definition) is 3. The lowest BCUT2D eigenvalue weighted by atomic mass is 10.1. The maximum Gasteiger partial charge on any atom is 0.337 e. The van der Waals surface area contributed by atoms with Gasteiger partial charge < -0.3 is 5.32 Å². The molecule has 2 rings (SSSR count). The van der Waals surface area contributed by atoms with Crippen LogP contribution in [0.25, 0.3) is 0 Å². The van der Waals surface area contributed by atoms with Gasteiger partial charge in [-0.15, -0.1) is 0 Å². The number of anilines is 1. The first-order valence-electron chi connectivity index (χ1n) is 8.30. The number of aromatic nitrogens is 2. The lowest BCUT2D eigenvalue weighted by Crippen LogP contribution is -2.44. The van der Waals surface area contributed by atoms with E-state index in [2.05, 4.69) is 21.3 Å². The van der Waals surface area contributed by atoms with E-state index in [1.807, 2.05) is 26.0 Å². The number of benzene rings is 1. The number of rotatable bonds is 5. The minimum atomic E-state index is -0.576. The third kappa shape index (κ3) is 5.03. The summed E-state index contributed by atoms with van der Waals surface area (Å²) in [6.45, 7) is 7.18. The molecule has 0 unspecified atom stereocenters. The summed E-state index contributed by atoms with van der Waals surface area (Å²) in [6, 6.07) is 4.90. The van der Waals surface area contributed by atoms with Crippen molar-refractivity contribution in [2.75, 3.05) is 5.32 Å². The van der Waals surface area contributed by atoms with Crippen molar-refractivity contribution in [2.45, 2.75) is 40.7 Å². The highest BCUT2D eigenvalue weighted by Gasteiger charge is 2.21. The van der Waals surface area contributed by atoms with E-state index in [9.17, 15) is 19.7 Å². The largest absolute Gasteiger partial charge is 0.337 e. The lowest BCUT2D eigenvalue weighted by Gasteiger charge is -2.10. The van der Waals surface area contributed by atoms with Gasteiger partial charge in [0.05, 0.1) is 11.5 Å². The van der Waals surface area contributed by atoms with Gasteiger partial charge in [-0.3, -0.25) is 25.0 Å². The number of carbonyl (C=O) groups excluding carboxylic acids is 2. The lowest BCUT2D eigenvalue weighted by molar-refractivity contribution is -0.386. The summed E-state index contributed by atoms with van der Waals surface area (Å²) in [6.07, 6.45) is 0.00301. The molecule has 0 fully saturated rings. The van der Waals surface area contributed by atoms with Gasteiger partial charge in [0.25, 0.3) is 0 Å². The second kappa shape index (κ2) is 8.30. The topological polar surface area (TPSA) is 131 Å². The second-order valence-electron chi connectivity index (χ2n) is 6.18. The molecule has 10 heteroatoms. The Bertz CT molecular complexity index is 890. The van der Waals surface area contributed by atoms with Gasteiger partial charge >= 0.3 is 11.7 Å². The fraction of sp³-hybridized carbons (Fsp3) is 0.353. The van der Waals surface area contributed by atoms with Gasteiger partial charge in [-0.1, -0.05) is 6.07 Å². The number of hydrogen-bond acceptors (Lipinski definition) is 5. The highest BCUT2D eigenvalue weighted by molar-refractivity contribution is 5.91. The number of nitrogens with zero attached hydrogens (tertiary/aromatic N) is 3. The van der Waals surface area contributed by atoms with Crippen molar-refractivity contribution in [1.82, 2.24) is 20.6 Å². The molecule has 1 aromatic carbocycles. The van der Waals surface area contributed by atoms with Gasteiger partial charge in [-0.25, -0.2) is 10.2 Å². The van der Waals surface area contributed by atoms with Gasteiger partial charge in [0.15, 0.2) is 0 Å². The summed E-state index contributed by atoms with van der Waals surface area (Å²) in [5, 5.41) is 17.7. The zero-order chi connectivity index (χ0) is 20.1. The van der Waals surface area contributed by atoms with E-state index >= 15 is 0 Å². The molecule has 3 N–H and O–H groups in total. The summed E-state index contributed by atoms with van der Waals surface area (Å²) in [5.74, 6) is -0.444. The Morgan fingerprint density at radius 3 is 2.44 bits per heavy atom. The number of carbonyl (C=O) groups is 2. The molecular formula is C17H22N6O4. The molecule has 0 aliphatic rings. The van der Waals surface area contributed by atoms with Crippen molar-refractivity contribution in [3.05, 3.63) is 50.8 Å². The Hall–Kier alpha value is -3.43. The van der Waals surface area contributed by atoms with Gasteiger partial charge in [-0.2, -0.15) is 5.10 Å².